The van der Waals surface area contributed by atoms with E-state index in [2.05, 4.69) is 10.5 Å². The molecular formula is C13H13ClN2O2. The molecule has 1 aromatic heterocycles. The second-order valence-corrected chi connectivity index (χ2v) is 4.39. The molecule has 18 heavy (non-hydrogen) atoms. The fourth-order valence-corrected chi connectivity index (χ4v) is 1.74. The van der Waals surface area contributed by atoms with Crippen molar-refractivity contribution in [2.24, 2.45) is 0 Å². The summed E-state index contributed by atoms with van der Waals surface area (Å²) < 4.78 is 4.90. The third-order valence-corrected chi connectivity index (χ3v) is 3.09. The number of nitrogens with zero attached hydrogens (tertiary/aromatic N) is 1. The average molecular weight is 265 g/mol. The minimum absolute atomic E-state index is 0.0527. The molecule has 0 aliphatic heterocycles. The monoisotopic (exact) mass is 264 g/mol. The van der Waals surface area contributed by atoms with Gasteiger partial charge in [0.1, 0.15) is 5.02 Å². The summed E-state index contributed by atoms with van der Waals surface area (Å²) in [5.41, 5.74) is 1.52. The van der Waals surface area contributed by atoms with E-state index in [1.54, 1.807) is 6.92 Å². The largest absolute Gasteiger partial charge is 0.349 e. The summed E-state index contributed by atoms with van der Waals surface area (Å²) in [7, 11) is 0. The molecule has 0 fully saturated rings. The van der Waals surface area contributed by atoms with Crippen LogP contribution in [-0.4, -0.2) is 11.1 Å². The van der Waals surface area contributed by atoms with E-state index in [0.717, 1.165) is 5.56 Å². The number of amides is 1. The number of aromatic nitrogens is 1. The van der Waals surface area contributed by atoms with E-state index >= 15 is 0 Å². The van der Waals surface area contributed by atoms with Gasteiger partial charge in [-0.1, -0.05) is 47.1 Å². The summed E-state index contributed by atoms with van der Waals surface area (Å²) >= 11 is 5.92. The number of rotatable bonds is 3. The third kappa shape index (κ3) is 2.54. The van der Waals surface area contributed by atoms with E-state index in [-0.39, 0.29) is 22.7 Å². The Morgan fingerprint density at radius 2 is 2.06 bits per heavy atom. The summed E-state index contributed by atoms with van der Waals surface area (Å²) in [4.78, 5) is 11.9. The average Bonchev–Trinajstić information content (AvgIpc) is 2.71. The summed E-state index contributed by atoms with van der Waals surface area (Å²) in [6, 6.07) is 9.53. The zero-order valence-electron chi connectivity index (χ0n) is 10.1. The van der Waals surface area contributed by atoms with Crippen LogP contribution in [0.5, 0.6) is 0 Å². The zero-order valence-corrected chi connectivity index (χ0v) is 10.9. The van der Waals surface area contributed by atoms with E-state index < -0.39 is 0 Å². The Hall–Kier alpha value is -1.81. The quantitative estimate of drug-likeness (QED) is 0.927. The molecule has 1 N–H and O–H groups in total. The molecule has 1 heterocycles. The summed E-state index contributed by atoms with van der Waals surface area (Å²) in [5.74, 6) is -0.311. The topological polar surface area (TPSA) is 55.1 Å². The van der Waals surface area contributed by atoms with Gasteiger partial charge in [-0.15, -0.1) is 0 Å². The van der Waals surface area contributed by atoms with E-state index in [1.807, 2.05) is 37.3 Å². The first-order valence-electron chi connectivity index (χ1n) is 5.57. The Balaban J connectivity index is 2.11. The Bertz CT molecular complexity index is 551. The second-order valence-electron chi connectivity index (χ2n) is 4.02. The Kier molecular flexibility index (Phi) is 3.67. The Morgan fingerprint density at radius 3 is 2.61 bits per heavy atom. The van der Waals surface area contributed by atoms with Crippen molar-refractivity contribution in [3.63, 3.8) is 0 Å². The SMILES string of the molecule is Cc1noc(C(=O)N[C@@H](C)c2ccccc2)c1Cl. The predicted octanol–water partition coefficient (Wildman–Crippen LogP) is 3.13. The first-order valence-corrected chi connectivity index (χ1v) is 5.95. The van der Waals surface area contributed by atoms with Crippen molar-refractivity contribution in [1.82, 2.24) is 10.5 Å². The molecule has 4 nitrogen and oxygen atoms in total. The number of carbonyl (C=O) groups excluding carboxylic acids is 1. The van der Waals surface area contributed by atoms with Gasteiger partial charge in [0.2, 0.25) is 5.76 Å². The predicted molar refractivity (Wildman–Crippen MR) is 68.6 cm³/mol. The molecule has 0 radical (unpaired) electrons. The lowest BCUT2D eigenvalue weighted by molar-refractivity contribution is 0.0903. The molecule has 5 heteroatoms. The maximum Gasteiger partial charge on any atom is 0.291 e. The highest BCUT2D eigenvalue weighted by Crippen LogP contribution is 2.20. The van der Waals surface area contributed by atoms with Gasteiger partial charge in [-0.05, 0) is 19.4 Å². The van der Waals surface area contributed by atoms with Crippen LogP contribution in [0.1, 0.15) is 34.8 Å². The van der Waals surface area contributed by atoms with Crippen molar-refractivity contribution in [3.05, 3.63) is 52.4 Å². The number of hydrogen-bond acceptors (Lipinski definition) is 3. The molecule has 2 rings (SSSR count). The van der Waals surface area contributed by atoms with Gasteiger partial charge in [0.15, 0.2) is 0 Å². The molecule has 0 bridgehead atoms. The number of nitrogens with one attached hydrogen (secondary N) is 1. The molecule has 1 aromatic carbocycles. The van der Waals surface area contributed by atoms with E-state index in [1.165, 1.54) is 0 Å². The van der Waals surface area contributed by atoms with Gasteiger partial charge in [-0.2, -0.15) is 0 Å². The number of halogens is 1. The maximum atomic E-state index is 11.9. The smallest absolute Gasteiger partial charge is 0.291 e. The van der Waals surface area contributed by atoms with Crippen LogP contribution < -0.4 is 5.32 Å². The lowest BCUT2D eigenvalue weighted by Gasteiger charge is -2.12. The molecule has 94 valence electrons. The molecule has 0 saturated heterocycles. The van der Waals surface area contributed by atoms with E-state index in [0.29, 0.717) is 5.69 Å². The normalized spacial score (nSPS) is 12.2. The minimum atomic E-state index is -0.364. The summed E-state index contributed by atoms with van der Waals surface area (Å²) in [5, 5.41) is 6.72. The van der Waals surface area contributed by atoms with Gasteiger partial charge < -0.3 is 9.84 Å². The maximum absolute atomic E-state index is 11.9. The van der Waals surface area contributed by atoms with Crippen LogP contribution in [0.4, 0.5) is 0 Å². The third-order valence-electron chi connectivity index (χ3n) is 2.64. The molecule has 0 aliphatic carbocycles. The van der Waals surface area contributed by atoms with Crippen LogP contribution in [0.25, 0.3) is 0 Å². The van der Waals surface area contributed by atoms with Gasteiger partial charge in [0, 0.05) is 0 Å². The molecular weight excluding hydrogens is 252 g/mol. The van der Waals surface area contributed by atoms with Crippen LogP contribution in [0.15, 0.2) is 34.9 Å². The second kappa shape index (κ2) is 5.23. The van der Waals surface area contributed by atoms with Crippen LogP contribution in [-0.2, 0) is 0 Å². The van der Waals surface area contributed by atoms with Crippen molar-refractivity contribution in [1.29, 1.82) is 0 Å². The Morgan fingerprint density at radius 1 is 1.39 bits per heavy atom. The number of carbonyl (C=O) groups is 1. The number of hydrogen-bond donors (Lipinski definition) is 1. The van der Waals surface area contributed by atoms with E-state index in [4.69, 9.17) is 16.1 Å². The highest BCUT2D eigenvalue weighted by atomic mass is 35.5. The Labute approximate surface area is 110 Å². The fourth-order valence-electron chi connectivity index (χ4n) is 1.59. The standard InChI is InChI=1S/C13H13ClN2O2/c1-8(10-6-4-3-5-7-10)15-13(17)12-11(14)9(2)16-18-12/h3-8H,1-2H3,(H,15,17)/t8-/m0/s1. The molecule has 0 saturated carbocycles. The molecule has 0 unspecified atom stereocenters. The van der Waals surface area contributed by atoms with Crippen LogP contribution in [0, 0.1) is 6.92 Å². The van der Waals surface area contributed by atoms with Crippen molar-refractivity contribution in [3.8, 4) is 0 Å². The number of benzene rings is 1. The lowest BCUT2D eigenvalue weighted by atomic mass is 10.1. The molecule has 1 amide bonds. The van der Waals surface area contributed by atoms with Gasteiger partial charge in [-0.3, -0.25) is 4.79 Å². The first kappa shape index (κ1) is 12.6. The molecule has 0 aliphatic rings. The fraction of sp³-hybridized carbons (Fsp3) is 0.231. The van der Waals surface area contributed by atoms with E-state index in [9.17, 15) is 4.79 Å². The van der Waals surface area contributed by atoms with Crippen molar-refractivity contribution in [2.75, 3.05) is 0 Å². The highest BCUT2D eigenvalue weighted by Gasteiger charge is 2.20. The lowest BCUT2D eigenvalue weighted by Crippen LogP contribution is -2.26. The first-order chi connectivity index (χ1) is 8.59. The van der Waals surface area contributed by atoms with Gasteiger partial charge in [-0.25, -0.2) is 0 Å². The van der Waals surface area contributed by atoms with Gasteiger partial charge in [0.05, 0.1) is 11.7 Å². The van der Waals surface area contributed by atoms with Crippen LogP contribution in [0.2, 0.25) is 5.02 Å². The number of aryl methyl sites for hydroxylation is 1. The minimum Gasteiger partial charge on any atom is -0.349 e. The van der Waals surface area contributed by atoms with Crippen molar-refractivity contribution >= 4 is 17.5 Å². The highest BCUT2D eigenvalue weighted by molar-refractivity contribution is 6.33. The van der Waals surface area contributed by atoms with Crippen molar-refractivity contribution in [2.45, 2.75) is 19.9 Å². The van der Waals surface area contributed by atoms with Crippen LogP contribution >= 0.6 is 11.6 Å². The summed E-state index contributed by atoms with van der Waals surface area (Å²) in [6.07, 6.45) is 0. The molecule has 2 aromatic rings. The van der Waals surface area contributed by atoms with Crippen LogP contribution in [0.3, 0.4) is 0 Å². The summed E-state index contributed by atoms with van der Waals surface area (Å²) in [6.45, 7) is 3.58. The van der Waals surface area contributed by atoms with Crippen molar-refractivity contribution < 1.29 is 9.32 Å². The molecule has 1 atom stereocenters. The van der Waals surface area contributed by atoms with Gasteiger partial charge >= 0.3 is 0 Å². The zero-order chi connectivity index (χ0) is 13.1. The molecule has 0 spiro atoms. The van der Waals surface area contributed by atoms with Gasteiger partial charge in [0.25, 0.3) is 5.91 Å².